The molecule has 0 unspecified atom stereocenters. The van der Waals surface area contributed by atoms with Crippen molar-refractivity contribution in [2.24, 2.45) is 0 Å². The first kappa shape index (κ1) is 16.6. The molecule has 0 aliphatic heterocycles. The number of pyridine rings is 4. The Balaban J connectivity index is 1.52. The Morgan fingerprint density at radius 3 is 2.30 bits per heavy atom. The highest BCUT2D eigenvalue weighted by molar-refractivity contribution is 5.98. The quantitative estimate of drug-likeness (QED) is 0.460. The van der Waals surface area contributed by atoms with E-state index in [0.29, 0.717) is 0 Å². The van der Waals surface area contributed by atoms with Gasteiger partial charge in [-0.25, -0.2) is 9.97 Å². The molecule has 2 N–H and O–H groups in total. The van der Waals surface area contributed by atoms with Gasteiger partial charge in [0.15, 0.2) is 0 Å². The number of nitrogens with zero attached hydrogens (tertiary/aromatic N) is 5. The van der Waals surface area contributed by atoms with Gasteiger partial charge in [-0.3, -0.25) is 15.1 Å². The molecule has 0 aliphatic rings. The van der Waals surface area contributed by atoms with E-state index in [0.717, 1.165) is 55.8 Å². The molecule has 30 heavy (non-hydrogen) atoms. The first-order valence-electron chi connectivity index (χ1n) is 9.51. The molecule has 142 valence electrons. The molecule has 6 aromatic rings. The highest BCUT2D eigenvalue weighted by Crippen LogP contribution is 2.33. The van der Waals surface area contributed by atoms with E-state index >= 15 is 0 Å². The second-order valence-corrected chi connectivity index (χ2v) is 6.94. The maximum absolute atomic E-state index is 4.86. The SMILES string of the molecule is c1cc(-c2ccc3[nH]nc(-c4cc5c(-c6ccncc6)ccnc5[nH]4)c3n2)ccn1. The smallest absolute Gasteiger partial charge is 0.138 e. The van der Waals surface area contributed by atoms with Gasteiger partial charge in [-0.15, -0.1) is 0 Å². The van der Waals surface area contributed by atoms with Crippen molar-refractivity contribution in [3.05, 3.63) is 79.5 Å². The molecule has 0 amide bonds. The molecule has 0 bridgehead atoms. The van der Waals surface area contributed by atoms with E-state index in [-0.39, 0.29) is 0 Å². The average Bonchev–Trinajstić information content (AvgIpc) is 3.43. The van der Waals surface area contributed by atoms with Crippen molar-refractivity contribution in [1.29, 1.82) is 0 Å². The van der Waals surface area contributed by atoms with Crippen molar-refractivity contribution in [1.82, 2.24) is 35.1 Å². The average molecular weight is 389 g/mol. The molecule has 7 nitrogen and oxygen atoms in total. The number of rotatable bonds is 3. The lowest BCUT2D eigenvalue weighted by Crippen LogP contribution is -1.86. The molecule has 6 heterocycles. The fourth-order valence-electron chi connectivity index (χ4n) is 3.71. The number of aromatic amines is 2. The molecular formula is C23H15N7. The summed E-state index contributed by atoms with van der Waals surface area (Å²) in [5.41, 5.74) is 8.19. The van der Waals surface area contributed by atoms with Gasteiger partial charge in [0.2, 0.25) is 0 Å². The van der Waals surface area contributed by atoms with Crippen LogP contribution < -0.4 is 0 Å². The van der Waals surface area contributed by atoms with Gasteiger partial charge in [-0.05, 0) is 59.7 Å². The Kier molecular flexibility index (Phi) is 3.64. The minimum atomic E-state index is 0.764. The first-order chi connectivity index (χ1) is 14.9. The highest BCUT2D eigenvalue weighted by atomic mass is 15.1. The van der Waals surface area contributed by atoms with E-state index in [2.05, 4.69) is 36.2 Å². The predicted octanol–water partition coefficient (Wildman–Crippen LogP) is 4.63. The third kappa shape index (κ3) is 2.64. The number of fused-ring (bicyclic) bond motifs is 2. The molecule has 0 aromatic carbocycles. The molecule has 0 aliphatic carbocycles. The lowest BCUT2D eigenvalue weighted by atomic mass is 10.1. The molecule has 0 spiro atoms. The number of aromatic nitrogens is 7. The maximum Gasteiger partial charge on any atom is 0.138 e. The Bertz CT molecular complexity index is 1480. The zero-order chi connectivity index (χ0) is 19.9. The summed E-state index contributed by atoms with van der Waals surface area (Å²) in [6, 6.07) is 15.9. The van der Waals surface area contributed by atoms with Crippen LogP contribution in [-0.4, -0.2) is 35.1 Å². The normalized spacial score (nSPS) is 11.3. The van der Waals surface area contributed by atoms with Crippen LogP contribution in [0.25, 0.3) is 55.8 Å². The van der Waals surface area contributed by atoms with Crippen LogP contribution in [0.4, 0.5) is 0 Å². The van der Waals surface area contributed by atoms with Crippen LogP contribution in [0.3, 0.4) is 0 Å². The lowest BCUT2D eigenvalue weighted by Gasteiger charge is -2.01. The zero-order valence-corrected chi connectivity index (χ0v) is 15.7. The molecule has 7 heteroatoms. The van der Waals surface area contributed by atoms with Gasteiger partial charge in [0.1, 0.15) is 16.9 Å². The van der Waals surface area contributed by atoms with Gasteiger partial charge >= 0.3 is 0 Å². The molecule has 6 aromatic heterocycles. The Morgan fingerprint density at radius 1 is 0.733 bits per heavy atom. The summed E-state index contributed by atoms with van der Waals surface area (Å²) in [6.45, 7) is 0. The molecule has 0 saturated heterocycles. The Labute approximate surface area is 170 Å². The molecule has 0 saturated carbocycles. The van der Waals surface area contributed by atoms with Crippen LogP contribution in [0.2, 0.25) is 0 Å². The van der Waals surface area contributed by atoms with Crippen molar-refractivity contribution >= 4 is 22.1 Å². The van der Waals surface area contributed by atoms with Crippen molar-refractivity contribution in [2.45, 2.75) is 0 Å². The van der Waals surface area contributed by atoms with Gasteiger partial charge in [0.25, 0.3) is 0 Å². The van der Waals surface area contributed by atoms with Crippen LogP contribution in [-0.2, 0) is 0 Å². The van der Waals surface area contributed by atoms with Crippen molar-refractivity contribution < 1.29 is 0 Å². The summed E-state index contributed by atoms with van der Waals surface area (Å²) in [4.78, 5) is 21.0. The monoisotopic (exact) mass is 389 g/mol. The maximum atomic E-state index is 4.86. The second kappa shape index (κ2) is 6.59. The molecule has 6 rings (SSSR count). The summed E-state index contributed by atoms with van der Waals surface area (Å²) >= 11 is 0. The van der Waals surface area contributed by atoms with Crippen molar-refractivity contribution in [2.75, 3.05) is 0 Å². The van der Waals surface area contributed by atoms with Gasteiger partial charge < -0.3 is 4.98 Å². The van der Waals surface area contributed by atoms with Crippen LogP contribution in [0.1, 0.15) is 0 Å². The summed E-state index contributed by atoms with van der Waals surface area (Å²) in [5.74, 6) is 0. The van der Waals surface area contributed by atoms with Crippen LogP contribution >= 0.6 is 0 Å². The van der Waals surface area contributed by atoms with E-state index in [1.165, 1.54) is 0 Å². The predicted molar refractivity (Wildman–Crippen MR) is 115 cm³/mol. The summed E-state index contributed by atoms with van der Waals surface area (Å²) in [5, 5.41) is 8.64. The second-order valence-electron chi connectivity index (χ2n) is 6.94. The first-order valence-corrected chi connectivity index (χ1v) is 9.51. The minimum absolute atomic E-state index is 0.764. The van der Waals surface area contributed by atoms with Crippen LogP contribution in [0, 0.1) is 0 Å². The highest BCUT2D eigenvalue weighted by Gasteiger charge is 2.15. The molecular weight excluding hydrogens is 374 g/mol. The Morgan fingerprint density at radius 2 is 1.50 bits per heavy atom. The fraction of sp³-hybridized carbons (Fsp3) is 0. The number of hydrogen-bond acceptors (Lipinski definition) is 5. The topological polar surface area (TPSA) is 96.0 Å². The number of H-pyrrole nitrogens is 2. The van der Waals surface area contributed by atoms with Gasteiger partial charge in [0.05, 0.1) is 16.9 Å². The standard InChI is InChI=1S/C23H15N7/c1-2-19-21(27-18(1)15-5-10-25-11-6-15)22(30-29-19)20-13-17-16(7-12-26-23(17)28-20)14-3-8-24-9-4-14/h1-13H,(H,26,28)(H,29,30). The molecule has 0 atom stereocenters. The molecule has 0 fully saturated rings. The third-order valence-electron chi connectivity index (χ3n) is 5.16. The number of hydrogen-bond donors (Lipinski definition) is 2. The third-order valence-corrected chi connectivity index (χ3v) is 5.16. The van der Waals surface area contributed by atoms with E-state index < -0.39 is 0 Å². The van der Waals surface area contributed by atoms with Gasteiger partial charge in [-0.2, -0.15) is 5.10 Å². The molecule has 0 radical (unpaired) electrons. The minimum Gasteiger partial charge on any atom is -0.338 e. The lowest BCUT2D eigenvalue weighted by molar-refractivity contribution is 1.12. The van der Waals surface area contributed by atoms with Crippen LogP contribution in [0.5, 0.6) is 0 Å². The van der Waals surface area contributed by atoms with E-state index in [4.69, 9.17) is 4.98 Å². The van der Waals surface area contributed by atoms with E-state index in [1.807, 2.05) is 42.5 Å². The van der Waals surface area contributed by atoms with Crippen molar-refractivity contribution in [3.63, 3.8) is 0 Å². The van der Waals surface area contributed by atoms with Gasteiger partial charge in [-0.1, -0.05) is 0 Å². The van der Waals surface area contributed by atoms with E-state index in [9.17, 15) is 0 Å². The van der Waals surface area contributed by atoms with Crippen molar-refractivity contribution in [3.8, 4) is 33.8 Å². The van der Waals surface area contributed by atoms with E-state index in [1.54, 1.807) is 31.0 Å². The van der Waals surface area contributed by atoms with Crippen LogP contribution in [0.15, 0.2) is 79.5 Å². The number of nitrogens with one attached hydrogen (secondary N) is 2. The Hall–Kier alpha value is -4.39. The summed E-state index contributed by atoms with van der Waals surface area (Å²) < 4.78 is 0. The largest absolute Gasteiger partial charge is 0.338 e. The fourth-order valence-corrected chi connectivity index (χ4v) is 3.71. The summed E-state index contributed by atoms with van der Waals surface area (Å²) in [7, 11) is 0. The van der Waals surface area contributed by atoms with Gasteiger partial charge in [0, 0.05) is 41.9 Å². The summed E-state index contributed by atoms with van der Waals surface area (Å²) in [6.07, 6.45) is 8.92. The zero-order valence-electron chi connectivity index (χ0n) is 15.7.